The second-order valence-corrected chi connectivity index (χ2v) is 22.1. The summed E-state index contributed by atoms with van der Waals surface area (Å²) in [4.78, 5) is 65.9. The second-order valence-electron chi connectivity index (χ2n) is 22.1. The van der Waals surface area contributed by atoms with Gasteiger partial charge in [0, 0.05) is 76.2 Å². The number of Topliss-reactive ketones (excluding diaryl/α,β-unsaturated/α-hetero) is 3. The molecule has 3 saturated heterocycles. The molecule has 0 saturated carbocycles. The van der Waals surface area contributed by atoms with Crippen LogP contribution in [0.15, 0.2) is 0 Å². The zero-order valence-electron chi connectivity index (χ0n) is 46.6. The van der Waals surface area contributed by atoms with E-state index in [0.29, 0.717) is 45.1 Å². The van der Waals surface area contributed by atoms with Crippen molar-refractivity contribution in [3.8, 4) is 0 Å². The molecule has 0 spiro atoms. The highest BCUT2D eigenvalue weighted by molar-refractivity contribution is 5.81. The quantitative estimate of drug-likeness (QED) is 0.0261. The number of unbranched alkanes of at least 4 members (excludes halogenated alkanes) is 3. The first-order chi connectivity index (χ1) is 37.0. The van der Waals surface area contributed by atoms with Crippen LogP contribution in [-0.4, -0.2) is 234 Å². The summed E-state index contributed by atoms with van der Waals surface area (Å²) in [5.41, 5.74) is -1.92. The summed E-state index contributed by atoms with van der Waals surface area (Å²) in [5, 5.41) is 95.7. The zero-order valence-corrected chi connectivity index (χ0v) is 46.6. The third kappa shape index (κ3) is 24.4. The smallest absolute Gasteiger partial charge is 0.222 e. The van der Waals surface area contributed by atoms with Crippen molar-refractivity contribution in [2.45, 2.75) is 205 Å². The van der Waals surface area contributed by atoms with Gasteiger partial charge in [0.05, 0.1) is 51.3 Å². The molecule has 0 aromatic heterocycles. The number of ketones is 3. The Labute approximate surface area is 458 Å². The lowest BCUT2D eigenvalue weighted by atomic mass is 9.92. The average molecular weight is 1130 g/mol. The van der Waals surface area contributed by atoms with Gasteiger partial charge in [-0.05, 0) is 56.8 Å². The van der Waals surface area contributed by atoms with Gasteiger partial charge in [-0.15, -0.1) is 0 Å². The summed E-state index contributed by atoms with van der Waals surface area (Å²) in [6.07, 6.45) is -10.0. The number of ether oxygens (including phenoxy) is 9. The first-order valence-electron chi connectivity index (χ1n) is 27.6. The zero-order chi connectivity index (χ0) is 58.0. The van der Waals surface area contributed by atoms with E-state index < -0.39 is 162 Å². The lowest BCUT2D eigenvalue weighted by Crippen LogP contribution is -2.58. The van der Waals surface area contributed by atoms with Crippen LogP contribution < -0.4 is 10.6 Å². The lowest BCUT2D eigenvalue weighted by Gasteiger charge is -2.40. The lowest BCUT2D eigenvalue weighted by molar-refractivity contribution is -0.282. The summed E-state index contributed by atoms with van der Waals surface area (Å²) in [7, 11) is 0. The van der Waals surface area contributed by atoms with Crippen LogP contribution in [0.5, 0.6) is 0 Å². The van der Waals surface area contributed by atoms with Crippen molar-refractivity contribution in [1.82, 2.24) is 10.6 Å². The predicted octanol–water partition coefficient (Wildman–Crippen LogP) is -0.935. The van der Waals surface area contributed by atoms with E-state index >= 15 is 0 Å². The van der Waals surface area contributed by atoms with Crippen LogP contribution in [-0.2, 0) is 66.6 Å². The van der Waals surface area contributed by atoms with E-state index in [1.165, 1.54) is 0 Å². The molecular weight excluding hydrogens is 1030 g/mol. The molecule has 3 fully saturated rings. The van der Waals surface area contributed by atoms with Gasteiger partial charge in [-0.1, -0.05) is 41.5 Å². The van der Waals surface area contributed by atoms with Gasteiger partial charge in [-0.25, -0.2) is 0 Å². The minimum absolute atomic E-state index is 0.00181. The predicted molar refractivity (Wildman–Crippen MR) is 275 cm³/mol. The molecular formula is C53H94N2O23. The fourth-order valence-corrected chi connectivity index (χ4v) is 8.82. The number of nitrogens with one attached hydrogen (secondary N) is 2. The Bertz CT molecular complexity index is 1690. The molecule has 25 heteroatoms. The number of aliphatic hydroxyl groups is 9. The van der Waals surface area contributed by atoms with Crippen LogP contribution in [0.25, 0.3) is 0 Å². The molecule has 6 unspecified atom stereocenters. The number of hydrogen-bond acceptors (Lipinski definition) is 23. The van der Waals surface area contributed by atoms with E-state index in [1.54, 1.807) is 20.8 Å². The van der Waals surface area contributed by atoms with Crippen LogP contribution in [0.4, 0.5) is 0 Å². The highest BCUT2D eigenvalue weighted by Crippen LogP contribution is 2.30. The average Bonchev–Trinajstić information content (AvgIpc) is 3.39. The summed E-state index contributed by atoms with van der Waals surface area (Å²) >= 11 is 0. The summed E-state index contributed by atoms with van der Waals surface area (Å²) in [6, 6.07) is 0. The van der Waals surface area contributed by atoms with E-state index in [-0.39, 0.29) is 81.2 Å². The normalized spacial score (nSPS) is 30.4. The van der Waals surface area contributed by atoms with Crippen LogP contribution in [0, 0.1) is 23.2 Å². The van der Waals surface area contributed by atoms with Crippen molar-refractivity contribution in [3.05, 3.63) is 0 Å². The summed E-state index contributed by atoms with van der Waals surface area (Å²) in [6.45, 7) is 7.90. The maximum atomic E-state index is 13.7. The molecule has 3 aliphatic heterocycles. The molecule has 3 rings (SSSR count). The Kier molecular flexibility index (Phi) is 32.0. The van der Waals surface area contributed by atoms with Gasteiger partial charge in [-0.2, -0.15) is 0 Å². The molecule has 3 heterocycles. The monoisotopic (exact) mass is 1130 g/mol. The van der Waals surface area contributed by atoms with Gasteiger partial charge in [0.1, 0.15) is 56.4 Å². The molecule has 25 nitrogen and oxygen atoms in total. The molecule has 3 aliphatic rings. The second kappa shape index (κ2) is 35.9. The van der Waals surface area contributed by atoms with Gasteiger partial charge in [0.2, 0.25) is 11.8 Å². The van der Waals surface area contributed by atoms with Gasteiger partial charge in [0.15, 0.2) is 41.9 Å². The van der Waals surface area contributed by atoms with Gasteiger partial charge in [0.25, 0.3) is 0 Å². The first kappa shape index (κ1) is 69.5. The standard InChI is InChI=1S/C53H94N2O23/c1-32-43(64)46(67)38(24-56)76-49(32)72-21-10-7-14-35(59)27-70-30-53(55-42(63)18-13-17-41(62)54-20-19-52(4,5)6,75-29-37(61)16-9-12-23-74-51-34(3)45(66)48(69)40(26-58)78-51)31-71-28-36(60)15-8-11-22-73-50-33(2)44(65)47(68)39(25-57)77-50/h32-34,38-40,43-51,56-58,64-69H,7-31H2,1-6H3,(H,54,62)(H,55,63)/t32?,33?,34?,38?,39?,40?,43-,44-,45-,46+,47+,48+,49-,50-,51-,53?/m1/s1. The van der Waals surface area contributed by atoms with Crippen molar-refractivity contribution in [2.75, 3.05) is 79.2 Å². The molecule has 0 aromatic carbocycles. The Balaban J connectivity index is 1.65. The van der Waals surface area contributed by atoms with Crippen molar-refractivity contribution in [3.63, 3.8) is 0 Å². The minimum Gasteiger partial charge on any atom is -0.394 e. The Morgan fingerprint density at radius 1 is 0.474 bits per heavy atom. The molecule has 2 amide bonds. The number of rotatable bonds is 39. The number of hydrogen-bond donors (Lipinski definition) is 11. The molecule has 11 N–H and O–H groups in total. The molecule has 0 radical (unpaired) electrons. The van der Waals surface area contributed by atoms with Crippen molar-refractivity contribution < 1.29 is 113 Å². The Hall–Kier alpha value is -2.77. The maximum absolute atomic E-state index is 13.7. The van der Waals surface area contributed by atoms with Crippen LogP contribution in [0.3, 0.4) is 0 Å². The fraction of sp³-hybridized carbons (Fsp3) is 0.906. The molecule has 0 aromatic rings. The van der Waals surface area contributed by atoms with E-state index in [0.717, 1.165) is 6.42 Å². The molecule has 78 heavy (non-hydrogen) atoms. The molecule has 454 valence electrons. The molecule has 15 atom stereocenters. The first-order valence-corrected chi connectivity index (χ1v) is 27.6. The topological polar surface area (TPSA) is 375 Å². The highest BCUT2D eigenvalue weighted by atomic mass is 16.7. The van der Waals surface area contributed by atoms with Crippen LogP contribution >= 0.6 is 0 Å². The van der Waals surface area contributed by atoms with E-state index in [4.69, 9.17) is 42.6 Å². The number of aliphatic hydroxyl groups excluding tert-OH is 9. The number of amides is 2. The van der Waals surface area contributed by atoms with E-state index in [1.807, 2.05) is 0 Å². The van der Waals surface area contributed by atoms with Crippen LogP contribution in [0.2, 0.25) is 0 Å². The third-order valence-corrected chi connectivity index (χ3v) is 14.0. The Morgan fingerprint density at radius 2 is 0.833 bits per heavy atom. The number of carbonyl (C=O) groups excluding carboxylic acids is 5. The van der Waals surface area contributed by atoms with Crippen molar-refractivity contribution >= 4 is 29.2 Å². The fourth-order valence-electron chi connectivity index (χ4n) is 8.82. The molecule has 0 aliphatic carbocycles. The largest absolute Gasteiger partial charge is 0.394 e. The van der Waals surface area contributed by atoms with Crippen molar-refractivity contribution in [2.24, 2.45) is 23.2 Å². The number of carbonyl (C=O) groups is 5. The third-order valence-electron chi connectivity index (χ3n) is 14.0. The summed E-state index contributed by atoms with van der Waals surface area (Å²) < 4.78 is 52.0. The van der Waals surface area contributed by atoms with Crippen molar-refractivity contribution in [1.29, 1.82) is 0 Å². The van der Waals surface area contributed by atoms with Gasteiger partial charge < -0.3 is 99.2 Å². The maximum Gasteiger partial charge on any atom is 0.222 e. The highest BCUT2D eigenvalue weighted by Gasteiger charge is 2.45. The van der Waals surface area contributed by atoms with Gasteiger partial charge in [-0.3, -0.25) is 24.0 Å². The summed E-state index contributed by atoms with van der Waals surface area (Å²) in [5.74, 6) is -3.67. The van der Waals surface area contributed by atoms with Gasteiger partial charge >= 0.3 is 0 Å². The SMILES string of the molecule is CC1[C@H](OCCCCC(=O)COCC(COCC(=O)CCCCO[C@@H]2OC(CO)[C@H](O)[C@H](O)C2C)(NC(=O)CCCC(=O)NCCC(C)(C)C)OCC(=O)CCCCO[C@@H]2OC(CO)[C@H](O)[C@H](O)C2C)OC(CO)[C@H](O)[C@@H]1O. The van der Waals surface area contributed by atoms with E-state index in [9.17, 15) is 69.9 Å². The molecule has 0 bridgehead atoms. The minimum atomic E-state index is -1.92. The van der Waals surface area contributed by atoms with Crippen LogP contribution in [0.1, 0.15) is 125 Å². The van der Waals surface area contributed by atoms with E-state index in [2.05, 4.69) is 31.4 Å². The Morgan fingerprint density at radius 3 is 1.19 bits per heavy atom.